The average Bonchev–Trinajstić information content (AvgIpc) is 3.23. The van der Waals surface area contributed by atoms with Gasteiger partial charge in [0, 0.05) is 42.1 Å². The summed E-state index contributed by atoms with van der Waals surface area (Å²) in [6, 6.07) is 13.4. The van der Waals surface area contributed by atoms with Crippen LogP contribution in [0.4, 0.5) is 11.4 Å². The summed E-state index contributed by atoms with van der Waals surface area (Å²) in [5.74, 6) is 0.696. The van der Waals surface area contributed by atoms with Crippen molar-refractivity contribution in [1.82, 2.24) is 9.88 Å². The number of anilines is 2. The summed E-state index contributed by atoms with van der Waals surface area (Å²) in [5.41, 5.74) is 3.50. The lowest BCUT2D eigenvalue weighted by Gasteiger charge is -2.35. The zero-order valence-corrected chi connectivity index (χ0v) is 19.2. The molecule has 0 spiro atoms. The Labute approximate surface area is 191 Å². The number of carbonyl (C=O) groups excluding carboxylic acids is 1. The maximum Gasteiger partial charge on any atom is 0.230 e. The van der Waals surface area contributed by atoms with Gasteiger partial charge in [-0.25, -0.2) is 4.98 Å². The van der Waals surface area contributed by atoms with Crippen molar-refractivity contribution in [3.63, 3.8) is 0 Å². The molecule has 4 rings (SSSR count). The Balaban J connectivity index is 1.44. The van der Waals surface area contributed by atoms with Gasteiger partial charge in [-0.2, -0.15) is 0 Å². The van der Waals surface area contributed by atoms with Crippen LogP contribution in [0.2, 0.25) is 5.02 Å². The van der Waals surface area contributed by atoms with E-state index < -0.39 is 0 Å². The number of thiazole rings is 1. The molecule has 31 heavy (non-hydrogen) atoms. The average molecular weight is 457 g/mol. The molecule has 0 bridgehead atoms. The van der Waals surface area contributed by atoms with E-state index in [1.54, 1.807) is 7.11 Å². The van der Waals surface area contributed by atoms with Gasteiger partial charge in [0.05, 0.1) is 30.6 Å². The van der Waals surface area contributed by atoms with Crippen LogP contribution >= 0.6 is 22.9 Å². The van der Waals surface area contributed by atoms with E-state index in [2.05, 4.69) is 27.1 Å². The highest BCUT2D eigenvalue weighted by molar-refractivity contribution is 7.13. The molecule has 8 heteroatoms. The molecule has 1 fully saturated rings. The number of rotatable bonds is 6. The van der Waals surface area contributed by atoms with Crippen molar-refractivity contribution in [2.75, 3.05) is 50.6 Å². The fourth-order valence-electron chi connectivity index (χ4n) is 3.54. The van der Waals surface area contributed by atoms with Crippen molar-refractivity contribution in [2.24, 2.45) is 0 Å². The number of ether oxygens (including phenoxy) is 1. The SMILES string of the molecule is COc1ccc(-c2nc(CC(=O)Nc3cc(Cl)ccc3N3CCN(C)CC3)cs2)cc1. The lowest BCUT2D eigenvalue weighted by atomic mass is 10.2. The number of hydrogen-bond donors (Lipinski definition) is 1. The predicted molar refractivity (Wildman–Crippen MR) is 128 cm³/mol. The minimum Gasteiger partial charge on any atom is -0.497 e. The maximum absolute atomic E-state index is 12.8. The van der Waals surface area contributed by atoms with E-state index in [1.807, 2.05) is 47.8 Å². The first-order valence-electron chi connectivity index (χ1n) is 10.1. The molecule has 2 heterocycles. The Morgan fingerprint density at radius 3 is 2.61 bits per heavy atom. The van der Waals surface area contributed by atoms with Gasteiger partial charge in [-0.05, 0) is 49.5 Å². The summed E-state index contributed by atoms with van der Waals surface area (Å²) in [6.07, 6.45) is 0.210. The Hall–Kier alpha value is -2.61. The predicted octanol–water partition coefficient (Wildman–Crippen LogP) is 4.41. The Morgan fingerprint density at radius 2 is 1.90 bits per heavy atom. The number of aromatic nitrogens is 1. The zero-order valence-electron chi connectivity index (χ0n) is 17.6. The molecule has 1 aliphatic heterocycles. The summed E-state index contributed by atoms with van der Waals surface area (Å²) in [5, 5.41) is 6.45. The molecule has 0 saturated carbocycles. The first kappa shape index (κ1) is 21.6. The van der Waals surface area contributed by atoms with Crippen LogP contribution in [-0.4, -0.2) is 56.1 Å². The minimum atomic E-state index is -0.107. The second kappa shape index (κ2) is 9.68. The first-order valence-corrected chi connectivity index (χ1v) is 11.4. The number of nitrogens with zero attached hydrogens (tertiary/aromatic N) is 3. The molecule has 0 atom stereocenters. The second-order valence-corrected chi connectivity index (χ2v) is 8.84. The highest BCUT2D eigenvalue weighted by atomic mass is 35.5. The number of benzene rings is 2. The highest BCUT2D eigenvalue weighted by Gasteiger charge is 2.19. The summed E-state index contributed by atoms with van der Waals surface area (Å²) in [7, 11) is 3.76. The molecule has 1 amide bonds. The van der Waals surface area contributed by atoms with E-state index in [9.17, 15) is 4.79 Å². The van der Waals surface area contributed by atoms with Crippen LogP contribution in [0.1, 0.15) is 5.69 Å². The van der Waals surface area contributed by atoms with Crippen molar-refractivity contribution in [1.29, 1.82) is 0 Å². The number of hydrogen-bond acceptors (Lipinski definition) is 6. The molecule has 1 saturated heterocycles. The number of nitrogens with one attached hydrogen (secondary N) is 1. The summed E-state index contributed by atoms with van der Waals surface area (Å²) < 4.78 is 5.20. The quantitative estimate of drug-likeness (QED) is 0.595. The van der Waals surface area contributed by atoms with E-state index in [0.29, 0.717) is 5.02 Å². The van der Waals surface area contributed by atoms with Crippen LogP contribution in [0.25, 0.3) is 10.6 Å². The number of halogens is 1. The number of carbonyl (C=O) groups is 1. The van der Waals surface area contributed by atoms with Gasteiger partial charge < -0.3 is 19.9 Å². The van der Waals surface area contributed by atoms with Crippen LogP contribution in [-0.2, 0) is 11.2 Å². The number of methoxy groups -OCH3 is 1. The van der Waals surface area contributed by atoms with E-state index in [1.165, 1.54) is 11.3 Å². The number of piperazine rings is 1. The second-order valence-electron chi connectivity index (χ2n) is 7.55. The molecular weight excluding hydrogens is 432 g/mol. The molecule has 6 nitrogen and oxygen atoms in total. The van der Waals surface area contributed by atoms with Crippen LogP contribution in [0, 0.1) is 0 Å². The van der Waals surface area contributed by atoms with Crippen molar-refractivity contribution >= 4 is 40.2 Å². The van der Waals surface area contributed by atoms with Gasteiger partial charge in [0.2, 0.25) is 5.91 Å². The monoisotopic (exact) mass is 456 g/mol. The van der Waals surface area contributed by atoms with Gasteiger partial charge in [0.15, 0.2) is 0 Å². The standard InChI is InChI=1S/C23H25ClN4O2S/c1-27-9-11-28(12-10-27)21-8-5-17(24)13-20(21)26-22(29)14-18-15-31-23(25-18)16-3-6-19(30-2)7-4-16/h3-8,13,15H,9-12,14H2,1-2H3,(H,26,29). The normalized spacial score (nSPS) is 14.5. The molecule has 2 aromatic carbocycles. The molecular formula is C23H25ClN4O2S. The third kappa shape index (κ3) is 5.36. The third-order valence-corrected chi connectivity index (χ3v) is 6.48. The Bertz CT molecular complexity index is 1050. The molecule has 3 aromatic rings. The smallest absolute Gasteiger partial charge is 0.230 e. The van der Waals surface area contributed by atoms with Crippen LogP contribution in [0.15, 0.2) is 47.8 Å². The van der Waals surface area contributed by atoms with Gasteiger partial charge in [-0.1, -0.05) is 11.6 Å². The van der Waals surface area contributed by atoms with Crippen molar-refractivity contribution < 1.29 is 9.53 Å². The minimum absolute atomic E-state index is 0.107. The van der Waals surface area contributed by atoms with Gasteiger partial charge in [0.25, 0.3) is 0 Å². The molecule has 1 aromatic heterocycles. The Kier molecular flexibility index (Phi) is 6.75. The molecule has 1 aliphatic rings. The highest BCUT2D eigenvalue weighted by Crippen LogP contribution is 2.30. The van der Waals surface area contributed by atoms with E-state index >= 15 is 0 Å². The number of amides is 1. The number of likely N-dealkylation sites (N-methyl/N-ethyl adjacent to an activating group) is 1. The maximum atomic E-state index is 12.8. The van der Waals surface area contributed by atoms with Crippen LogP contribution in [0.5, 0.6) is 5.75 Å². The van der Waals surface area contributed by atoms with Crippen molar-refractivity contribution in [3.8, 4) is 16.3 Å². The van der Waals surface area contributed by atoms with E-state index in [-0.39, 0.29) is 12.3 Å². The van der Waals surface area contributed by atoms with Crippen LogP contribution < -0.4 is 15.0 Å². The van der Waals surface area contributed by atoms with Gasteiger partial charge in [-0.3, -0.25) is 4.79 Å². The first-order chi connectivity index (χ1) is 15.0. The third-order valence-electron chi connectivity index (χ3n) is 5.31. The lowest BCUT2D eigenvalue weighted by Crippen LogP contribution is -2.44. The van der Waals surface area contributed by atoms with Gasteiger partial charge in [0.1, 0.15) is 10.8 Å². The summed E-state index contributed by atoms with van der Waals surface area (Å²) in [6.45, 7) is 3.81. The lowest BCUT2D eigenvalue weighted by molar-refractivity contribution is -0.115. The van der Waals surface area contributed by atoms with Crippen molar-refractivity contribution in [2.45, 2.75) is 6.42 Å². The summed E-state index contributed by atoms with van der Waals surface area (Å²) in [4.78, 5) is 22.0. The fourth-order valence-corrected chi connectivity index (χ4v) is 4.54. The Morgan fingerprint density at radius 1 is 1.16 bits per heavy atom. The topological polar surface area (TPSA) is 57.7 Å². The largest absolute Gasteiger partial charge is 0.497 e. The molecule has 0 radical (unpaired) electrons. The van der Waals surface area contributed by atoms with Gasteiger partial charge in [-0.15, -0.1) is 11.3 Å². The van der Waals surface area contributed by atoms with E-state index in [0.717, 1.165) is 59.6 Å². The van der Waals surface area contributed by atoms with Gasteiger partial charge >= 0.3 is 0 Å². The summed E-state index contributed by atoms with van der Waals surface area (Å²) >= 11 is 7.74. The van der Waals surface area contributed by atoms with Crippen molar-refractivity contribution in [3.05, 3.63) is 58.6 Å². The molecule has 0 unspecified atom stereocenters. The molecule has 162 valence electrons. The fraction of sp³-hybridized carbons (Fsp3) is 0.304. The molecule has 0 aliphatic carbocycles. The van der Waals surface area contributed by atoms with Crippen LogP contribution in [0.3, 0.4) is 0 Å². The van der Waals surface area contributed by atoms with E-state index in [4.69, 9.17) is 16.3 Å². The zero-order chi connectivity index (χ0) is 21.8. The molecule has 1 N–H and O–H groups in total.